The molecule has 0 aliphatic rings. The predicted octanol–water partition coefficient (Wildman–Crippen LogP) is 2.87. The van der Waals surface area contributed by atoms with Gasteiger partial charge in [0.2, 0.25) is 0 Å². The van der Waals surface area contributed by atoms with Gasteiger partial charge in [0.25, 0.3) is 0 Å². The van der Waals surface area contributed by atoms with Gasteiger partial charge in [-0.3, -0.25) is 4.98 Å². The second kappa shape index (κ2) is 4.75. The van der Waals surface area contributed by atoms with E-state index in [1.165, 1.54) is 30.5 Å². The van der Waals surface area contributed by atoms with E-state index in [1.807, 2.05) is 0 Å². The Hall–Kier alpha value is -2.31. The number of carboxylic acid groups (broad SMARTS) is 1. The number of aromatic carboxylic acids is 1. The van der Waals surface area contributed by atoms with Crippen LogP contribution in [-0.2, 0) is 0 Å². The van der Waals surface area contributed by atoms with Crippen LogP contribution in [0.4, 0.5) is 13.2 Å². The first-order chi connectivity index (χ1) is 8.88. The number of ether oxygens (including phenoxy) is 1. The van der Waals surface area contributed by atoms with Crippen molar-refractivity contribution in [2.45, 2.75) is 6.18 Å². The number of halogens is 3. The summed E-state index contributed by atoms with van der Waals surface area (Å²) in [6.45, 7) is -1.45. The SMILES string of the molecule is O=C(O)c1ccnc2c(OCC(F)(F)F)cccc12. The quantitative estimate of drug-likeness (QED) is 0.932. The Balaban J connectivity index is 2.46. The molecule has 4 nitrogen and oxygen atoms in total. The number of rotatable bonds is 3. The van der Waals surface area contributed by atoms with Crippen LogP contribution < -0.4 is 4.74 Å². The third-order valence-electron chi connectivity index (χ3n) is 2.36. The minimum Gasteiger partial charge on any atom is -0.482 e. The van der Waals surface area contributed by atoms with Gasteiger partial charge < -0.3 is 9.84 Å². The number of aromatic nitrogens is 1. The normalized spacial score (nSPS) is 11.5. The maximum Gasteiger partial charge on any atom is 0.422 e. The van der Waals surface area contributed by atoms with Gasteiger partial charge in [-0.05, 0) is 12.1 Å². The summed E-state index contributed by atoms with van der Waals surface area (Å²) in [5, 5.41) is 9.22. The van der Waals surface area contributed by atoms with Crippen LogP contribution >= 0.6 is 0 Å². The molecule has 0 fully saturated rings. The maximum absolute atomic E-state index is 12.1. The molecule has 0 aliphatic heterocycles. The number of pyridine rings is 1. The molecule has 0 bridgehead atoms. The summed E-state index contributed by atoms with van der Waals surface area (Å²) in [7, 11) is 0. The van der Waals surface area contributed by atoms with Crippen molar-refractivity contribution in [3.63, 3.8) is 0 Å². The van der Waals surface area contributed by atoms with E-state index in [1.54, 1.807) is 0 Å². The molecule has 0 spiro atoms. The number of carbonyl (C=O) groups is 1. The average molecular weight is 271 g/mol. The summed E-state index contributed by atoms with van der Waals surface area (Å²) in [6.07, 6.45) is -3.25. The molecule has 1 N–H and O–H groups in total. The highest BCUT2D eigenvalue weighted by Gasteiger charge is 2.28. The first-order valence-electron chi connectivity index (χ1n) is 5.19. The lowest BCUT2D eigenvalue weighted by molar-refractivity contribution is -0.153. The Morgan fingerprint density at radius 1 is 1.32 bits per heavy atom. The molecule has 0 aliphatic carbocycles. The van der Waals surface area contributed by atoms with E-state index >= 15 is 0 Å². The largest absolute Gasteiger partial charge is 0.482 e. The van der Waals surface area contributed by atoms with Crippen molar-refractivity contribution < 1.29 is 27.8 Å². The van der Waals surface area contributed by atoms with Gasteiger partial charge in [0.15, 0.2) is 6.61 Å². The van der Waals surface area contributed by atoms with Crippen molar-refractivity contribution in [1.29, 1.82) is 0 Å². The molecule has 1 heterocycles. The number of carboxylic acids is 1. The summed E-state index contributed by atoms with van der Waals surface area (Å²) in [6, 6.07) is 5.47. The lowest BCUT2D eigenvalue weighted by atomic mass is 10.1. The Labute approximate surface area is 105 Å². The minimum atomic E-state index is -4.47. The molecule has 1 aromatic carbocycles. The zero-order chi connectivity index (χ0) is 14.0. The lowest BCUT2D eigenvalue weighted by Crippen LogP contribution is -2.19. The molecule has 0 saturated heterocycles. The van der Waals surface area contributed by atoms with Crippen molar-refractivity contribution >= 4 is 16.9 Å². The Kier molecular flexibility index (Phi) is 3.28. The van der Waals surface area contributed by atoms with Crippen LogP contribution in [0, 0.1) is 0 Å². The fourth-order valence-electron chi connectivity index (χ4n) is 1.61. The molecule has 19 heavy (non-hydrogen) atoms. The molecular weight excluding hydrogens is 263 g/mol. The van der Waals surface area contributed by atoms with Crippen molar-refractivity contribution in [2.24, 2.45) is 0 Å². The molecule has 100 valence electrons. The summed E-state index contributed by atoms with van der Waals surface area (Å²) >= 11 is 0. The van der Waals surface area contributed by atoms with Crippen LogP contribution in [0.15, 0.2) is 30.5 Å². The first-order valence-corrected chi connectivity index (χ1v) is 5.19. The number of alkyl halides is 3. The first kappa shape index (κ1) is 13.1. The van der Waals surface area contributed by atoms with Crippen molar-refractivity contribution in [1.82, 2.24) is 4.98 Å². The second-order valence-electron chi connectivity index (χ2n) is 3.72. The maximum atomic E-state index is 12.1. The van der Waals surface area contributed by atoms with E-state index in [2.05, 4.69) is 9.72 Å². The Morgan fingerprint density at radius 3 is 2.68 bits per heavy atom. The van der Waals surface area contributed by atoms with Crippen LogP contribution in [0.25, 0.3) is 10.9 Å². The van der Waals surface area contributed by atoms with Gasteiger partial charge in [-0.2, -0.15) is 13.2 Å². The number of benzene rings is 1. The van der Waals surface area contributed by atoms with E-state index in [0.29, 0.717) is 0 Å². The molecule has 0 atom stereocenters. The zero-order valence-electron chi connectivity index (χ0n) is 9.44. The molecule has 7 heteroatoms. The molecule has 0 radical (unpaired) electrons. The highest BCUT2D eigenvalue weighted by Crippen LogP contribution is 2.27. The van der Waals surface area contributed by atoms with E-state index in [0.717, 1.165) is 0 Å². The monoisotopic (exact) mass is 271 g/mol. The molecule has 0 unspecified atom stereocenters. The molecule has 0 saturated carbocycles. The molecule has 2 aromatic rings. The lowest BCUT2D eigenvalue weighted by Gasteiger charge is -2.11. The third-order valence-corrected chi connectivity index (χ3v) is 2.36. The van der Waals surface area contributed by atoms with Crippen LogP contribution in [0.5, 0.6) is 5.75 Å². The highest BCUT2D eigenvalue weighted by molar-refractivity contribution is 6.03. The Bertz CT molecular complexity index is 625. The summed E-state index contributed by atoms with van der Waals surface area (Å²) in [5.41, 5.74) is 0.0501. The minimum absolute atomic E-state index is 0.0394. The summed E-state index contributed by atoms with van der Waals surface area (Å²) in [5.74, 6) is -1.28. The van der Waals surface area contributed by atoms with E-state index < -0.39 is 18.8 Å². The van der Waals surface area contributed by atoms with Crippen molar-refractivity contribution in [3.8, 4) is 5.75 Å². The van der Waals surface area contributed by atoms with Crippen LogP contribution in [0.1, 0.15) is 10.4 Å². The average Bonchev–Trinajstić information content (AvgIpc) is 2.34. The van der Waals surface area contributed by atoms with Gasteiger partial charge in [0.1, 0.15) is 11.3 Å². The summed E-state index contributed by atoms with van der Waals surface area (Å²) in [4.78, 5) is 14.9. The standard InChI is InChI=1S/C12H8F3NO3/c13-12(14,15)6-19-9-3-1-2-7-8(11(17)18)4-5-16-10(7)9/h1-5H,6H2,(H,17,18). The number of nitrogens with zero attached hydrogens (tertiary/aromatic N) is 1. The van der Waals surface area contributed by atoms with Gasteiger partial charge in [-0.1, -0.05) is 12.1 Å². The summed E-state index contributed by atoms with van der Waals surface area (Å²) < 4.78 is 41.0. The topological polar surface area (TPSA) is 59.4 Å². The highest BCUT2D eigenvalue weighted by atomic mass is 19.4. The predicted molar refractivity (Wildman–Crippen MR) is 60.3 cm³/mol. The van der Waals surface area contributed by atoms with Crippen LogP contribution in [-0.4, -0.2) is 28.8 Å². The number of hydrogen-bond acceptors (Lipinski definition) is 3. The zero-order valence-corrected chi connectivity index (χ0v) is 9.44. The fourth-order valence-corrected chi connectivity index (χ4v) is 1.61. The number of fused-ring (bicyclic) bond motifs is 1. The van der Waals surface area contributed by atoms with Gasteiger partial charge in [0.05, 0.1) is 5.56 Å². The van der Waals surface area contributed by atoms with E-state index in [-0.39, 0.29) is 22.2 Å². The number of hydrogen-bond donors (Lipinski definition) is 1. The van der Waals surface area contributed by atoms with Gasteiger partial charge in [-0.25, -0.2) is 4.79 Å². The smallest absolute Gasteiger partial charge is 0.422 e. The van der Waals surface area contributed by atoms with Gasteiger partial charge in [0, 0.05) is 11.6 Å². The molecule has 1 aromatic heterocycles. The Morgan fingerprint density at radius 2 is 2.05 bits per heavy atom. The van der Waals surface area contributed by atoms with Crippen LogP contribution in [0.2, 0.25) is 0 Å². The third kappa shape index (κ3) is 2.93. The van der Waals surface area contributed by atoms with Crippen molar-refractivity contribution in [3.05, 3.63) is 36.0 Å². The van der Waals surface area contributed by atoms with Gasteiger partial charge >= 0.3 is 12.1 Å². The van der Waals surface area contributed by atoms with E-state index in [4.69, 9.17) is 5.11 Å². The fraction of sp³-hybridized carbons (Fsp3) is 0.167. The number of para-hydroxylation sites is 1. The molecule has 2 rings (SSSR count). The van der Waals surface area contributed by atoms with Crippen molar-refractivity contribution in [2.75, 3.05) is 6.61 Å². The van der Waals surface area contributed by atoms with E-state index in [9.17, 15) is 18.0 Å². The second-order valence-corrected chi connectivity index (χ2v) is 3.72. The molecule has 0 amide bonds. The van der Waals surface area contributed by atoms with Crippen LogP contribution in [0.3, 0.4) is 0 Å². The van der Waals surface area contributed by atoms with Gasteiger partial charge in [-0.15, -0.1) is 0 Å². The molecular formula is C12H8F3NO3.